The van der Waals surface area contributed by atoms with E-state index in [1.165, 1.54) is 30.9 Å². The number of hydrogen-bond donors (Lipinski definition) is 1. The molecule has 6 nitrogen and oxygen atoms in total. The van der Waals surface area contributed by atoms with Crippen molar-refractivity contribution in [1.29, 1.82) is 0 Å². The van der Waals surface area contributed by atoms with E-state index in [-0.39, 0.29) is 18.1 Å². The van der Waals surface area contributed by atoms with E-state index < -0.39 is 0 Å². The Bertz CT molecular complexity index is 987. The first-order valence-electron chi connectivity index (χ1n) is 12.9. The second-order valence-electron chi connectivity index (χ2n) is 10.1. The number of hydrogen-bond acceptors (Lipinski definition) is 5. The number of ether oxygens (including phenoxy) is 1. The minimum Gasteiger partial charge on any atom is -0.493 e. The van der Waals surface area contributed by atoms with Crippen molar-refractivity contribution >= 4 is 11.9 Å². The third-order valence-corrected chi connectivity index (χ3v) is 7.58. The lowest BCUT2D eigenvalue weighted by Crippen LogP contribution is -2.35. The van der Waals surface area contributed by atoms with Crippen LogP contribution in [0.25, 0.3) is 0 Å². The molecule has 2 aromatic rings. The van der Waals surface area contributed by atoms with Crippen LogP contribution in [0.2, 0.25) is 0 Å². The monoisotopic (exact) mass is 466 g/mol. The molecule has 182 valence electrons. The zero-order chi connectivity index (χ0) is 23.5. The quantitative estimate of drug-likeness (QED) is 0.565. The molecule has 0 spiro atoms. The summed E-state index contributed by atoms with van der Waals surface area (Å²) in [7, 11) is 0. The largest absolute Gasteiger partial charge is 0.493 e. The van der Waals surface area contributed by atoms with E-state index in [1.54, 1.807) is 12.1 Å². The molecule has 7 heteroatoms. The summed E-state index contributed by atoms with van der Waals surface area (Å²) in [5.41, 5.74) is 1.60. The number of rotatable bonds is 10. The number of carbonyl (C=O) groups is 1. The third kappa shape index (κ3) is 5.86. The number of aryl methyl sites for hydroxylation is 1. The molecule has 2 aliphatic carbocycles. The summed E-state index contributed by atoms with van der Waals surface area (Å²) >= 11 is 0. The summed E-state index contributed by atoms with van der Waals surface area (Å²) in [5.74, 6) is 3.21. The molecule has 1 aromatic heterocycles. The summed E-state index contributed by atoms with van der Waals surface area (Å²) in [5, 5.41) is 2.90. The Morgan fingerprint density at radius 3 is 2.62 bits per heavy atom. The van der Waals surface area contributed by atoms with Crippen LogP contribution in [-0.4, -0.2) is 41.6 Å². The molecule has 2 atom stereocenters. The molecule has 0 radical (unpaired) electrons. The minimum atomic E-state index is -0.368. The van der Waals surface area contributed by atoms with Crippen molar-refractivity contribution in [3.8, 4) is 5.75 Å². The first-order chi connectivity index (χ1) is 16.6. The van der Waals surface area contributed by atoms with Crippen LogP contribution in [0, 0.1) is 23.6 Å². The highest BCUT2D eigenvalue weighted by Gasteiger charge is 2.43. The van der Waals surface area contributed by atoms with E-state index >= 15 is 0 Å². The van der Waals surface area contributed by atoms with Crippen LogP contribution in [0.5, 0.6) is 5.75 Å². The van der Waals surface area contributed by atoms with Crippen LogP contribution in [0.15, 0.2) is 30.6 Å². The SMILES string of the molecule is CCc1cnc(N2CCC([C@H]3C[C@H]3CCOc3ccc(CC(=O)NC4CC4)c(F)c3)CC2)nc1. The van der Waals surface area contributed by atoms with Crippen LogP contribution in [0.1, 0.15) is 56.6 Å². The number of benzene rings is 1. The zero-order valence-corrected chi connectivity index (χ0v) is 20.0. The lowest BCUT2D eigenvalue weighted by atomic mass is 9.90. The highest BCUT2D eigenvalue weighted by atomic mass is 19.1. The van der Waals surface area contributed by atoms with Crippen molar-refractivity contribution in [3.05, 3.63) is 47.5 Å². The lowest BCUT2D eigenvalue weighted by molar-refractivity contribution is -0.120. The number of aromatic nitrogens is 2. The van der Waals surface area contributed by atoms with E-state index in [2.05, 4.69) is 27.1 Å². The molecule has 1 amide bonds. The molecule has 1 aliphatic heterocycles. The molecule has 2 saturated carbocycles. The predicted molar refractivity (Wildman–Crippen MR) is 129 cm³/mol. The molecule has 3 fully saturated rings. The fourth-order valence-corrected chi connectivity index (χ4v) is 5.17. The van der Waals surface area contributed by atoms with E-state index in [4.69, 9.17) is 4.74 Å². The molecule has 34 heavy (non-hydrogen) atoms. The van der Waals surface area contributed by atoms with E-state index in [0.717, 1.165) is 56.6 Å². The van der Waals surface area contributed by atoms with Gasteiger partial charge in [-0.3, -0.25) is 4.79 Å². The predicted octanol–water partition coefficient (Wildman–Crippen LogP) is 4.32. The van der Waals surface area contributed by atoms with Gasteiger partial charge in [-0.15, -0.1) is 0 Å². The average Bonchev–Trinajstić information content (AvgIpc) is 3.78. The van der Waals surface area contributed by atoms with Gasteiger partial charge in [-0.05, 0) is 79.9 Å². The molecule has 3 aliphatic rings. The number of halogens is 1. The maximum Gasteiger partial charge on any atom is 0.225 e. The molecule has 2 heterocycles. The summed E-state index contributed by atoms with van der Waals surface area (Å²) in [6, 6.07) is 5.15. The summed E-state index contributed by atoms with van der Waals surface area (Å²) in [6.45, 7) is 4.78. The summed E-state index contributed by atoms with van der Waals surface area (Å²) in [4.78, 5) is 23.3. The smallest absolute Gasteiger partial charge is 0.225 e. The van der Waals surface area contributed by atoms with Gasteiger partial charge in [-0.2, -0.15) is 0 Å². The Hall–Kier alpha value is -2.70. The Labute approximate surface area is 201 Å². The fraction of sp³-hybridized carbons (Fsp3) is 0.593. The van der Waals surface area contributed by atoms with Crippen molar-refractivity contribution < 1.29 is 13.9 Å². The fourth-order valence-electron chi connectivity index (χ4n) is 5.17. The number of nitrogens with one attached hydrogen (secondary N) is 1. The van der Waals surface area contributed by atoms with Gasteiger partial charge in [0.2, 0.25) is 11.9 Å². The number of piperidine rings is 1. The zero-order valence-electron chi connectivity index (χ0n) is 20.0. The average molecular weight is 467 g/mol. The van der Waals surface area contributed by atoms with E-state index in [1.807, 2.05) is 12.4 Å². The second-order valence-corrected chi connectivity index (χ2v) is 10.1. The van der Waals surface area contributed by atoms with Gasteiger partial charge in [-0.1, -0.05) is 13.0 Å². The van der Waals surface area contributed by atoms with E-state index in [0.29, 0.717) is 29.9 Å². The van der Waals surface area contributed by atoms with Gasteiger partial charge < -0.3 is 15.0 Å². The molecular formula is C27H35FN4O2. The topological polar surface area (TPSA) is 67.4 Å². The molecule has 0 bridgehead atoms. The van der Waals surface area contributed by atoms with Crippen LogP contribution in [0.3, 0.4) is 0 Å². The van der Waals surface area contributed by atoms with Gasteiger partial charge in [0.25, 0.3) is 0 Å². The summed E-state index contributed by atoms with van der Waals surface area (Å²) in [6.07, 6.45) is 11.7. The van der Waals surface area contributed by atoms with Gasteiger partial charge in [0.1, 0.15) is 11.6 Å². The van der Waals surface area contributed by atoms with Crippen LogP contribution in [-0.2, 0) is 17.6 Å². The number of amides is 1. The van der Waals surface area contributed by atoms with Crippen LogP contribution >= 0.6 is 0 Å². The van der Waals surface area contributed by atoms with Crippen molar-refractivity contribution in [2.75, 3.05) is 24.6 Å². The molecular weight excluding hydrogens is 431 g/mol. The first-order valence-corrected chi connectivity index (χ1v) is 12.9. The van der Waals surface area contributed by atoms with Crippen molar-refractivity contribution in [2.24, 2.45) is 17.8 Å². The Balaban J connectivity index is 1.01. The molecule has 1 N–H and O–H groups in total. The van der Waals surface area contributed by atoms with Crippen molar-refractivity contribution in [3.63, 3.8) is 0 Å². The maximum atomic E-state index is 14.4. The molecule has 1 saturated heterocycles. The second kappa shape index (κ2) is 10.3. The molecule has 5 rings (SSSR count). The van der Waals surface area contributed by atoms with Gasteiger partial charge in [0, 0.05) is 37.6 Å². The number of carbonyl (C=O) groups excluding carboxylic acids is 1. The molecule has 0 unspecified atom stereocenters. The highest BCUT2D eigenvalue weighted by molar-refractivity contribution is 5.79. The van der Waals surface area contributed by atoms with Gasteiger partial charge >= 0.3 is 0 Å². The standard InChI is InChI=1S/C27H35FN4O2/c1-2-18-16-29-27(30-17-18)32-10-7-19(8-11-32)24-13-20(24)9-12-34-23-6-3-21(25(28)15-23)14-26(33)31-22-4-5-22/h3,6,15-17,19-20,22,24H,2,4-5,7-14H2,1H3,(H,31,33)/t20-,24-/m1/s1. The van der Waals surface area contributed by atoms with Gasteiger partial charge in [0.05, 0.1) is 13.0 Å². The third-order valence-electron chi connectivity index (χ3n) is 7.58. The minimum absolute atomic E-state index is 0.0847. The highest BCUT2D eigenvalue weighted by Crippen LogP contribution is 2.49. The first kappa shape index (κ1) is 23.1. The maximum absolute atomic E-state index is 14.4. The van der Waals surface area contributed by atoms with Crippen LogP contribution in [0.4, 0.5) is 10.3 Å². The van der Waals surface area contributed by atoms with Gasteiger partial charge in [0.15, 0.2) is 0 Å². The summed E-state index contributed by atoms with van der Waals surface area (Å²) < 4.78 is 20.2. The van der Waals surface area contributed by atoms with Crippen molar-refractivity contribution in [2.45, 2.75) is 64.3 Å². The number of anilines is 1. The number of nitrogens with zero attached hydrogens (tertiary/aromatic N) is 3. The van der Waals surface area contributed by atoms with Gasteiger partial charge in [-0.25, -0.2) is 14.4 Å². The normalized spacial score (nSPS) is 22.5. The Morgan fingerprint density at radius 2 is 1.94 bits per heavy atom. The lowest BCUT2D eigenvalue weighted by Gasteiger charge is -2.32. The Morgan fingerprint density at radius 1 is 1.18 bits per heavy atom. The van der Waals surface area contributed by atoms with Crippen molar-refractivity contribution in [1.82, 2.24) is 15.3 Å². The Kier molecular flexibility index (Phi) is 6.97. The van der Waals surface area contributed by atoms with E-state index in [9.17, 15) is 9.18 Å². The van der Waals surface area contributed by atoms with Crippen LogP contribution < -0.4 is 15.0 Å². The molecule has 1 aromatic carbocycles.